The third kappa shape index (κ3) is 4.12. The highest BCUT2D eigenvalue weighted by Gasteiger charge is 2.43. The number of hydrogen-bond acceptors (Lipinski definition) is 5. The summed E-state index contributed by atoms with van der Waals surface area (Å²) < 4.78 is 45.3. The van der Waals surface area contributed by atoms with E-state index in [0.717, 1.165) is 9.47 Å². The number of hydrogen-bond donors (Lipinski definition) is 0. The topological polar surface area (TPSA) is 81.5 Å². The molecule has 1 aromatic heterocycles. The first-order chi connectivity index (χ1) is 13.7. The Morgan fingerprint density at radius 2 is 1.90 bits per heavy atom. The van der Waals surface area contributed by atoms with Crippen LogP contribution >= 0.6 is 11.6 Å². The van der Waals surface area contributed by atoms with Crippen LogP contribution in [0.2, 0.25) is 0 Å². The van der Waals surface area contributed by atoms with E-state index >= 15 is 0 Å². The molecule has 1 aliphatic heterocycles. The lowest BCUT2D eigenvalue weighted by molar-refractivity contribution is -0.141. The minimum atomic E-state index is -4.87. The average molecular weight is 430 g/mol. The third-order valence-electron chi connectivity index (χ3n) is 4.40. The van der Waals surface area contributed by atoms with Gasteiger partial charge in [-0.05, 0) is 17.7 Å². The van der Waals surface area contributed by atoms with Crippen molar-refractivity contribution in [3.63, 3.8) is 0 Å². The number of nitrogens with zero attached hydrogens (tertiary/aromatic N) is 3. The number of carbonyl (C=O) groups is 2. The molecule has 3 rings (SSSR count). The molecule has 1 amide bonds. The Bertz CT molecular complexity index is 1000. The Morgan fingerprint density at radius 1 is 1.24 bits per heavy atom. The number of alkyl halides is 4. The molecule has 7 nitrogen and oxygen atoms in total. The first-order valence-electron chi connectivity index (χ1n) is 8.38. The van der Waals surface area contributed by atoms with Crippen molar-refractivity contribution in [3.8, 4) is 5.75 Å². The van der Waals surface area contributed by atoms with E-state index in [1.165, 1.54) is 7.11 Å². The second kappa shape index (κ2) is 7.86. The second-order valence-electron chi connectivity index (χ2n) is 6.31. The van der Waals surface area contributed by atoms with E-state index in [2.05, 4.69) is 4.98 Å². The van der Waals surface area contributed by atoms with Gasteiger partial charge in [0.05, 0.1) is 19.5 Å². The molecule has 154 valence electrons. The molecule has 2 heterocycles. The smallest absolute Gasteiger partial charge is 0.433 e. The summed E-state index contributed by atoms with van der Waals surface area (Å²) >= 11 is 5.49. The fourth-order valence-electron chi connectivity index (χ4n) is 3.01. The van der Waals surface area contributed by atoms with Gasteiger partial charge < -0.3 is 4.74 Å². The summed E-state index contributed by atoms with van der Waals surface area (Å²) in [7, 11) is 1.47. The van der Waals surface area contributed by atoms with Crippen LogP contribution in [0.3, 0.4) is 0 Å². The quantitative estimate of drug-likeness (QED) is 0.659. The molecule has 0 saturated carbocycles. The zero-order valence-corrected chi connectivity index (χ0v) is 15.8. The summed E-state index contributed by atoms with van der Waals surface area (Å²) in [6.07, 6.45) is -5.28. The molecule has 0 aliphatic carbocycles. The van der Waals surface area contributed by atoms with Crippen LogP contribution in [0.25, 0.3) is 0 Å². The predicted octanol–water partition coefficient (Wildman–Crippen LogP) is 2.56. The molecule has 1 aliphatic rings. The van der Waals surface area contributed by atoms with Crippen molar-refractivity contribution in [2.45, 2.75) is 25.2 Å². The van der Waals surface area contributed by atoms with E-state index in [1.54, 1.807) is 24.3 Å². The van der Waals surface area contributed by atoms with Gasteiger partial charge in [0.2, 0.25) is 5.95 Å². The van der Waals surface area contributed by atoms with Gasteiger partial charge in [-0.25, -0.2) is 4.98 Å². The minimum absolute atomic E-state index is 0.137. The van der Waals surface area contributed by atoms with Gasteiger partial charge in [0.1, 0.15) is 17.6 Å². The van der Waals surface area contributed by atoms with Crippen LogP contribution in [0.15, 0.2) is 35.1 Å². The van der Waals surface area contributed by atoms with Crippen LogP contribution in [0, 0.1) is 0 Å². The van der Waals surface area contributed by atoms with E-state index in [4.69, 9.17) is 16.3 Å². The lowest BCUT2D eigenvalue weighted by Crippen LogP contribution is -2.30. The molecule has 1 atom stereocenters. The summed E-state index contributed by atoms with van der Waals surface area (Å²) in [4.78, 5) is 41.5. The number of methoxy groups -OCH3 is 1. The number of amides is 1. The highest BCUT2D eigenvalue weighted by Crippen LogP contribution is 2.34. The van der Waals surface area contributed by atoms with Crippen molar-refractivity contribution >= 4 is 29.2 Å². The van der Waals surface area contributed by atoms with Crippen LogP contribution in [-0.4, -0.2) is 34.2 Å². The van der Waals surface area contributed by atoms with Crippen molar-refractivity contribution in [2.24, 2.45) is 0 Å². The molecule has 0 fully saturated rings. The van der Waals surface area contributed by atoms with Crippen LogP contribution in [-0.2, 0) is 22.3 Å². The fraction of sp³-hybridized carbons (Fsp3) is 0.333. The Hall–Kier alpha value is -2.88. The normalized spacial score (nSPS) is 16.1. The summed E-state index contributed by atoms with van der Waals surface area (Å²) in [6, 6.07) is 5.51. The molecule has 1 unspecified atom stereocenters. The lowest BCUT2D eigenvalue weighted by Gasteiger charge is -2.17. The fourth-order valence-corrected chi connectivity index (χ4v) is 3.12. The maximum atomic E-state index is 13.1. The van der Waals surface area contributed by atoms with Gasteiger partial charge in [-0.2, -0.15) is 13.2 Å². The molecule has 1 aromatic carbocycles. The van der Waals surface area contributed by atoms with E-state index < -0.39 is 47.5 Å². The van der Waals surface area contributed by atoms with Gasteiger partial charge >= 0.3 is 6.18 Å². The Balaban J connectivity index is 2.07. The summed E-state index contributed by atoms with van der Waals surface area (Å²) in [5.41, 5.74) is -1.91. The molecule has 0 bridgehead atoms. The molecular formula is C18H15ClF3N3O4. The second-order valence-corrected chi connectivity index (χ2v) is 6.58. The lowest BCUT2D eigenvalue weighted by atomic mass is 10.1. The van der Waals surface area contributed by atoms with Crippen LogP contribution in [0.5, 0.6) is 5.75 Å². The molecule has 0 radical (unpaired) electrons. The van der Waals surface area contributed by atoms with Crippen molar-refractivity contribution in [1.82, 2.24) is 9.55 Å². The number of ether oxygens (including phenoxy) is 1. The molecule has 0 spiro atoms. The van der Waals surface area contributed by atoms with Gasteiger partial charge in [-0.1, -0.05) is 12.1 Å². The van der Waals surface area contributed by atoms with Crippen molar-refractivity contribution < 1.29 is 27.5 Å². The summed E-state index contributed by atoms with van der Waals surface area (Å²) in [6.45, 7) is -0.137. The van der Waals surface area contributed by atoms with Crippen molar-refractivity contribution in [3.05, 3.63) is 51.9 Å². The number of ketones is 1. The molecule has 2 aromatic rings. The highest BCUT2D eigenvalue weighted by atomic mass is 35.5. The Labute approximate surface area is 167 Å². The first-order valence-corrected chi connectivity index (χ1v) is 8.92. The SMILES string of the molecule is COc1ccc(CN2C(=O)C(CC(=O)CCl)n3c2nc(C(F)(F)F)cc3=O)cc1. The van der Waals surface area contributed by atoms with E-state index in [1.807, 2.05) is 0 Å². The van der Waals surface area contributed by atoms with Gasteiger partial charge in [-0.15, -0.1) is 11.6 Å². The molecule has 29 heavy (non-hydrogen) atoms. The zero-order valence-electron chi connectivity index (χ0n) is 15.1. The Morgan fingerprint density at radius 3 is 2.45 bits per heavy atom. The van der Waals surface area contributed by atoms with Gasteiger partial charge in [0.15, 0.2) is 5.69 Å². The predicted molar refractivity (Wildman–Crippen MR) is 97.1 cm³/mol. The number of fused-ring (bicyclic) bond motifs is 1. The maximum absolute atomic E-state index is 13.1. The van der Waals surface area contributed by atoms with Crippen molar-refractivity contribution in [1.29, 1.82) is 0 Å². The number of aromatic nitrogens is 2. The van der Waals surface area contributed by atoms with Crippen LogP contribution < -0.4 is 15.2 Å². The highest BCUT2D eigenvalue weighted by molar-refractivity contribution is 6.27. The maximum Gasteiger partial charge on any atom is 0.433 e. The first kappa shape index (κ1) is 20.8. The molecule has 0 saturated heterocycles. The molecule has 0 N–H and O–H groups in total. The van der Waals surface area contributed by atoms with Crippen LogP contribution in [0.1, 0.15) is 23.7 Å². The monoisotopic (exact) mass is 429 g/mol. The molecular weight excluding hydrogens is 415 g/mol. The van der Waals surface area contributed by atoms with Crippen molar-refractivity contribution in [2.75, 3.05) is 17.9 Å². The number of benzene rings is 1. The van der Waals surface area contributed by atoms with E-state index in [0.29, 0.717) is 17.4 Å². The van der Waals surface area contributed by atoms with Crippen LogP contribution in [0.4, 0.5) is 19.1 Å². The third-order valence-corrected chi connectivity index (χ3v) is 4.70. The Kier molecular flexibility index (Phi) is 5.65. The summed E-state index contributed by atoms with van der Waals surface area (Å²) in [5, 5.41) is 0. The van der Waals surface area contributed by atoms with Gasteiger partial charge in [0.25, 0.3) is 11.5 Å². The largest absolute Gasteiger partial charge is 0.497 e. The molecule has 11 heteroatoms. The van der Waals surface area contributed by atoms with Gasteiger partial charge in [-0.3, -0.25) is 23.9 Å². The number of Topliss-reactive ketones (excluding diaryl/α,β-unsaturated/α-hetero) is 1. The van der Waals surface area contributed by atoms with E-state index in [9.17, 15) is 27.6 Å². The number of carbonyl (C=O) groups excluding carboxylic acids is 2. The number of rotatable bonds is 6. The van der Waals surface area contributed by atoms with E-state index in [-0.39, 0.29) is 12.4 Å². The average Bonchev–Trinajstić information content (AvgIpc) is 2.94. The number of anilines is 1. The standard InChI is InChI=1S/C18H15ClF3N3O4/c1-29-12-4-2-10(3-5-12)9-24-16(28)13(6-11(26)8-19)25-15(27)7-14(18(20,21)22)23-17(24)25/h2-5,7,13H,6,8-9H2,1H3. The van der Waals surface area contributed by atoms with Gasteiger partial charge in [0, 0.05) is 12.5 Å². The summed E-state index contributed by atoms with van der Waals surface area (Å²) in [5.74, 6) is -1.52. The number of halogens is 4. The zero-order chi connectivity index (χ0) is 21.3. The minimum Gasteiger partial charge on any atom is -0.497 e.